The van der Waals surface area contributed by atoms with E-state index in [1.54, 1.807) is 7.11 Å². The van der Waals surface area contributed by atoms with Crippen LogP contribution < -0.4 is 4.74 Å². The normalized spacial score (nSPS) is 21.3. The number of methoxy groups -OCH3 is 1. The van der Waals surface area contributed by atoms with E-state index in [1.165, 1.54) is 27.5 Å². The maximum absolute atomic E-state index is 6.21. The third-order valence-corrected chi connectivity index (χ3v) is 5.32. The number of benzene rings is 3. The molecule has 3 heteroatoms. The summed E-state index contributed by atoms with van der Waals surface area (Å²) < 4.78 is 18.0. The van der Waals surface area contributed by atoms with Crippen molar-refractivity contribution in [2.45, 2.75) is 12.0 Å². The summed E-state index contributed by atoms with van der Waals surface area (Å²) in [5.41, 5.74) is 3.60. The highest BCUT2D eigenvalue weighted by atomic mass is 16.6. The molecule has 0 radical (unpaired) electrons. The molecule has 2 atom stereocenters. The molecule has 1 saturated heterocycles. The van der Waals surface area contributed by atoms with Gasteiger partial charge in [0.1, 0.15) is 24.2 Å². The van der Waals surface area contributed by atoms with Gasteiger partial charge in [0.15, 0.2) is 0 Å². The summed E-state index contributed by atoms with van der Waals surface area (Å²) in [5.74, 6) is 1.83. The summed E-state index contributed by atoms with van der Waals surface area (Å²) >= 11 is 0. The zero-order valence-electron chi connectivity index (χ0n) is 14.6. The van der Waals surface area contributed by atoms with Crippen LogP contribution in [0.2, 0.25) is 0 Å². The van der Waals surface area contributed by atoms with E-state index in [2.05, 4.69) is 66.7 Å². The second-order valence-corrected chi connectivity index (χ2v) is 6.70. The van der Waals surface area contributed by atoms with E-state index in [0.717, 1.165) is 11.5 Å². The molecule has 0 spiro atoms. The number of rotatable bonds is 2. The molecule has 0 N–H and O–H groups in total. The lowest BCUT2D eigenvalue weighted by atomic mass is 9.77. The standard InChI is InChI=1S/C23H20O3/c1-24-19-11-10-15-6-2-4-8-17(15)21(19)22-18-9-5-3-7-16(18)14-20-23(22)26-13-12-25-20/h2-11,14,22-23H,12-13H2,1H3. The van der Waals surface area contributed by atoms with Crippen LogP contribution in [0.1, 0.15) is 22.6 Å². The van der Waals surface area contributed by atoms with E-state index in [9.17, 15) is 0 Å². The lowest BCUT2D eigenvalue weighted by Gasteiger charge is -2.37. The number of fused-ring (bicyclic) bond motifs is 3. The van der Waals surface area contributed by atoms with Crippen molar-refractivity contribution in [2.75, 3.05) is 20.3 Å². The second kappa shape index (κ2) is 6.19. The molecule has 1 heterocycles. The van der Waals surface area contributed by atoms with Crippen molar-refractivity contribution in [3.63, 3.8) is 0 Å². The Kier molecular flexibility index (Phi) is 3.68. The summed E-state index contributed by atoms with van der Waals surface area (Å²) in [6, 6.07) is 21.1. The van der Waals surface area contributed by atoms with Crippen molar-refractivity contribution >= 4 is 16.8 Å². The van der Waals surface area contributed by atoms with Gasteiger partial charge in [-0.25, -0.2) is 0 Å². The Morgan fingerprint density at radius 1 is 0.923 bits per heavy atom. The molecule has 130 valence electrons. The highest BCUT2D eigenvalue weighted by molar-refractivity contribution is 5.89. The summed E-state index contributed by atoms with van der Waals surface area (Å²) in [6.07, 6.45) is 1.99. The Bertz CT molecular complexity index is 1010. The van der Waals surface area contributed by atoms with Crippen molar-refractivity contribution in [3.05, 3.63) is 83.1 Å². The Balaban J connectivity index is 1.81. The second-order valence-electron chi connectivity index (χ2n) is 6.70. The van der Waals surface area contributed by atoms with Gasteiger partial charge in [-0.15, -0.1) is 0 Å². The summed E-state index contributed by atoms with van der Waals surface area (Å²) in [5, 5.41) is 2.40. The Morgan fingerprint density at radius 2 is 1.77 bits per heavy atom. The fourth-order valence-electron chi connectivity index (χ4n) is 4.21. The molecule has 5 rings (SSSR count). The molecule has 0 aromatic heterocycles. The highest BCUT2D eigenvalue weighted by Gasteiger charge is 2.38. The minimum absolute atomic E-state index is 0.0348. The fourth-order valence-corrected chi connectivity index (χ4v) is 4.21. The Labute approximate surface area is 152 Å². The van der Waals surface area contributed by atoms with E-state index in [-0.39, 0.29) is 12.0 Å². The van der Waals surface area contributed by atoms with E-state index in [0.29, 0.717) is 13.2 Å². The van der Waals surface area contributed by atoms with Crippen molar-refractivity contribution in [1.29, 1.82) is 0 Å². The molecule has 0 bridgehead atoms. The van der Waals surface area contributed by atoms with Crippen molar-refractivity contribution in [3.8, 4) is 5.75 Å². The van der Waals surface area contributed by atoms with Crippen molar-refractivity contribution in [1.82, 2.24) is 0 Å². The van der Waals surface area contributed by atoms with Gasteiger partial charge in [0, 0.05) is 11.5 Å². The largest absolute Gasteiger partial charge is 0.496 e. The minimum atomic E-state index is -0.127. The maximum Gasteiger partial charge on any atom is 0.126 e. The molecule has 2 unspecified atom stereocenters. The predicted molar refractivity (Wildman–Crippen MR) is 102 cm³/mol. The molecule has 26 heavy (non-hydrogen) atoms. The molecule has 0 amide bonds. The third-order valence-electron chi connectivity index (χ3n) is 5.32. The van der Waals surface area contributed by atoms with Crippen LogP contribution in [0.15, 0.2) is 66.4 Å². The van der Waals surface area contributed by atoms with Gasteiger partial charge >= 0.3 is 0 Å². The number of hydrogen-bond donors (Lipinski definition) is 0. The molecular weight excluding hydrogens is 324 g/mol. The SMILES string of the molecule is COc1ccc2ccccc2c1C1c2ccccc2C=C2OCCOC21. The van der Waals surface area contributed by atoms with Gasteiger partial charge in [0.25, 0.3) is 0 Å². The average molecular weight is 344 g/mol. The van der Waals surface area contributed by atoms with Gasteiger partial charge in [0.05, 0.1) is 13.7 Å². The van der Waals surface area contributed by atoms with Gasteiger partial charge < -0.3 is 14.2 Å². The molecule has 1 aliphatic heterocycles. The minimum Gasteiger partial charge on any atom is -0.496 e. The smallest absolute Gasteiger partial charge is 0.126 e. The first kappa shape index (κ1) is 15.5. The molecule has 1 aliphatic carbocycles. The van der Waals surface area contributed by atoms with Crippen LogP contribution in [0, 0.1) is 0 Å². The summed E-state index contributed by atoms with van der Waals surface area (Å²) in [7, 11) is 1.73. The van der Waals surface area contributed by atoms with E-state index < -0.39 is 0 Å². The average Bonchev–Trinajstić information content (AvgIpc) is 2.71. The van der Waals surface area contributed by atoms with Gasteiger partial charge in [-0.05, 0) is 34.0 Å². The zero-order chi connectivity index (χ0) is 17.5. The molecule has 3 aromatic rings. The van der Waals surface area contributed by atoms with Crippen LogP contribution in [-0.2, 0) is 9.47 Å². The van der Waals surface area contributed by atoms with E-state index in [1.807, 2.05) is 0 Å². The van der Waals surface area contributed by atoms with Gasteiger partial charge in [0.2, 0.25) is 0 Å². The van der Waals surface area contributed by atoms with Crippen molar-refractivity contribution in [2.24, 2.45) is 0 Å². The van der Waals surface area contributed by atoms with Crippen molar-refractivity contribution < 1.29 is 14.2 Å². The first-order chi connectivity index (χ1) is 12.9. The van der Waals surface area contributed by atoms with Crippen LogP contribution in [0.25, 0.3) is 16.8 Å². The third kappa shape index (κ3) is 2.31. The molecule has 0 saturated carbocycles. The number of hydrogen-bond acceptors (Lipinski definition) is 3. The first-order valence-corrected chi connectivity index (χ1v) is 8.97. The fraction of sp³-hybridized carbons (Fsp3) is 0.217. The lowest BCUT2D eigenvalue weighted by molar-refractivity contribution is -0.0480. The summed E-state index contributed by atoms with van der Waals surface area (Å²) in [4.78, 5) is 0. The molecule has 3 aromatic carbocycles. The lowest BCUT2D eigenvalue weighted by Crippen LogP contribution is -2.35. The van der Waals surface area contributed by atoms with Gasteiger partial charge in [-0.3, -0.25) is 0 Å². The van der Waals surface area contributed by atoms with E-state index in [4.69, 9.17) is 14.2 Å². The topological polar surface area (TPSA) is 27.7 Å². The summed E-state index contributed by atoms with van der Waals surface area (Å²) in [6.45, 7) is 1.21. The van der Waals surface area contributed by atoms with Gasteiger partial charge in [-0.2, -0.15) is 0 Å². The predicted octanol–water partition coefficient (Wildman–Crippen LogP) is 4.75. The molecule has 2 aliphatic rings. The highest BCUT2D eigenvalue weighted by Crippen LogP contribution is 2.46. The monoisotopic (exact) mass is 344 g/mol. The quantitative estimate of drug-likeness (QED) is 0.671. The Hall–Kier alpha value is -2.78. The maximum atomic E-state index is 6.21. The van der Waals surface area contributed by atoms with Gasteiger partial charge in [-0.1, -0.05) is 54.6 Å². The first-order valence-electron chi connectivity index (χ1n) is 8.97. The van der Waals surface area contributed by atoms with E-state index >= 15 is 0 Å². The van der Waals surface area contributed by atoms with Crippen LogP contribution in [0.5, 0.6) is 5.75 Å². The molecule has 1 fully saturated rings. The number of ether oxygens (including phenoxy) is 3. The molecular formula is C23H20O3. The molecule has 3 nitrogen and oxygen atoms in total. The Morgan fingerprint density at radius 3 is 2.69 bits per heavy atom. The van der Waals surface area contributed by atoms with Crippen LogP contribution in [0.4, 0.5) is 0 Å². The van der Waals surface area contributed by atoms with Crippen LogP contribution in [0.3, 0.4) is 0 Å². The van der Waals surface area contributed by atoms with Crippen LogP contribution >= 0.6 is 0 Å². The zero-order valence-corrected chi connectivity index (χ0v) is 14.6. The van der Waals surface area contributed by atoms with Crippen LogP contribution in [-0.4, -0.2) is 26.4 Å².